The number of thiazole rings is 1. The molecule has 138 valence electrons. The molecule has 0 fully saturated rings. The van der Waals surface area contributed by atoms with E-state index in [0.717, 1.165) is 5.69 Å². The molecule has 0 unspecified atom stereocenters. The fraction of sp³-hybridized carbons (Fsp3) is 0.750. The van der Waals surface area contributed by atoms with Gasteiger partial charge in [-0.1, -0.05) is 20.8 Å². The van der Waals surface area contributed by atoms with Gasteiger partial charge in [-0.3, -0.25) is 4.79 Å². The van der Waals surface area contributed by atoms with Crippen molar-refractivity contribution >= 4 is 27.1 Å². The van der Waals surface area contributed by atoms with Crippen LogP contribution in [0.2, 0.25) is 0 Å². The van der Waals surface area contributed by atoms with E-state index >= 15 is 0 Å². The van der Waals surface area contributed by atoms with E-state index in [1.54, 1.807) is 0 Å². The monoisotopic (exact) mass is 376 g/mol. The molecule has 0 spiro atoms. The Kier molecular flexibility index (Phi) is 7.10. The third-order valence-electron chi connectivity index (χ3n) is 3.72. The summed E-state index contributed by atoms with van der Waals surface area (Å²) in [7, 11) is -3.78. The highest BCUT2D eigenvalue weighted by atomic mass is 32.2. The molecule has 0 aliphatic heterocycles. The van der Waals surface area contributed by atoms with Crippen molar-refractivity contribution in [1.82, 2.24) is 9.71 Å². The van der Waals surface area contributed by atoms with Gasteiger partial charge in [-0.05, 0) is 20.8 Å². The van der Waals surface area contributed by atoms with Crippen LogP contribution in [0.5, 0.6) is 0 Å². The first-order valence-electron chi connectivity index (χ1n) is 7.97. The summed E-state index contributed by atoms with van der Waals surface area (Å²) in [6.45, 7) is 11.8. The largest absolute Gasteiger partial charge is 0.380 e. The van der Waals surface area contributed by atoms with Crippen LogP contribution in [0.15, 0.2) is 5.38 Å². The van der Waals surface area contributed by atoms with E-state index in [1.807, 2.05) is 33.1 Å². The van der Waals surface area contributed by atoms with Crippen molar-refractivity contribution < 1.29 is 17.9 Å². The second-order valence-electron chi connectivity index (χ2n) is 7.08. The Morgan fingerprint density at radius 1 is 1.29 bits per heavy atom. The highest BCUT2D eigenvalue weighted by Crippen LogP contribution is 2.26. The predicted molar refractivity (Wildman–Crippen MR) is 97.0 cm³/mol. The number of Topliss-reactive ketones (excluding diaryl/α,β-unsaturated/α-hetero) is 1. The van der Waals surface area contributed by atoms with Crippen LogP contribution in [0.4, 0.5) is 0 Å². The number of rotatable bonds is 9. The fourth-order valence-electron chi connectivity index (χ4n) is 1.81. The first-order chi connectivity index (χ1) is 10.9. The molecule has 0 aliphatic rings. The summed E-state index contributed by atoms with van der Waals surface area (Å²) in [4.78, 5) is 17.0. The van der Waals surface area contributed by atoms with Gasteiger partial charge in [-0.2, -0.15) is 0 Å². The number of aromatic nitrogens is 1. The molecule has 24 heavy (non-hydrogen) atoms. The molecule has 0 atom stereocenters. The molecule has 6 nitrogen and oxygen atoms in total. The number of hydrogen-bond acceptors (Lipinski definition) is 6. The van der Waals surface area contributed by atoms with Gasteiger partial charge in [0.1, 0.15) is 9.75 Å². The number of nitrogens with one attached hydrogen (secondary N) is 1. The Morgan fingerprint density at radius 3 is 2.42 bits per heavy atom. The second-order valence-corrected chi connectivity index (χ2v) is 10.3. The zero-order valence-corrected chi connectivity index (χ0v) is 16.9. The molecule has 1 rings (SSSR count). The highest BCUT2D eigenvalue weighted by Gasteiger charge is 2.41. The summed E-state index contributed by atoms with van der Waals surface area (Å²) in [5, 5.41) is 2.56. The van der Waals surface area contributed by atoms with Gasteiger partial charge in [0.05, 0.1) is 18.7 Å². The Hall–Kier alpha value is -0.830. The van der Waals surface area contributed by atoms with Crippen molar-refractivity contribution in [1.29, 1.82) is 0 Å². The van der Waals surface area contributed by atoms with E-state index < -0.39 is 14.8 Å². The van der Waals surface area contributed by atoms with Gasteiger partial charge in [0.15, 0.2) is 5.78 Å². The predicted octanol–water partition coefficient (Wildman–Crippen LogP) is 2.29. The third kappa shape index (κ3) is 5.34. The second kappa shape index (κ2) is 8.03. The van der Waals surface area contributed by atoms with Crippen LogP contribution in [0.3, 0.4) is 0 Å². The molecule has 0 radical (unpaired) electrons. The first kappa shape index (κ1) is 21.2. The summed E-state index contributed by atoms with van der Waals surface area (Å²) < 4.78 is 30.8. The molecule has 0 aliphatic carbocycles. The maximum atomic E-state index is 12.5. The van der Waals surface area contributed by atoms with Gasteiger partial charge in [-0.25, -0.2) is 18.1 Å². The number of nitrogens with zero attached hydrogens (tertiary/aromatic N) is 1. The Morgan fingerprint density at radius 2 is 1.92 bits per heavy atom. The molecule has 0 saturated carbocycles. The maximum absolute atomic E-state index is 12.5. The Labute approximate surface area is 149 Å². The topological polar surface area (TPSA) is 85.4 Å². The van der Waals surface area contributed by atoms with Crippen LogP contribution in [0.25, 0.3) is 0 Å². The molecule has 1 aromatic rings. The van der Waals surface area contributed by atoms with E-state index in [0.29, 0.717) is 11.6 Å². The normalized spacial score (nSPS) is 13.2. The molecule has 8 heteroatoms. The average molecular weight is 377 g/mol. The lowest BCUT2D eigenvalue weighted by Gasteiger charge is -2.23. The smallest absolute Gasteiger partial charge is 0.224 e. The molecule has 1 aromatic heterocycles. The Balaban J connectivity index is 2.79. The highest BCUT2D eigenvalue weighted by molar-refractivity contribution is 7.91. The van der Waals surface area contributed by atoms with Gasteiger partial charge in [0, 0.05) is 23.9 Å². The van der Waals surface area contributed by atoms with Crippen LogP contribution >= 0.6 is 11.3 Å². The quantitative estimate of drug-likeness (QED) is 0.668. The first-order valence-corrected chi connectivity index (χ1v) is 10.3. The SMILES string of the molecule is CCOCCNS(=O)(=O)C(C)(C)C(=O)Cc1nc(C(C)(C)C)cs1. The van der Waals surface area contributed by atoms with Crippen molar-refractivity contribution in [2.24, 2.45) is 0 Å². The summed E-state index contributed by atoms with van der Waals surface area (Å²) in [5.41, 5.74) is 0.811. The zero-order chi connectivity index (χ0) is 18.6. The van der Waals surface area contributed by atoms with Crippen LogP contribution in [-0.2, 0) is 31.4 Å². The molecule has 0 bridgehead atoms. The number of ketones is 1. The minimum Gasteiger partial charge on any atom is -0.380 e. The number of sulfonamides is 1. The van der Waals surface area contributed by atoms with Gasteiger partial charge in [0.25, 0.3) is 0 Å². The summed E-state index contributed by atoms with van der Waals surface area (Å²) in [6.07, 6.45) is 0.0140. The van der Waals surface area contributed by atoms with Crippen molar-refractivity contribution in [3.63, 3.8) is 0 Å². The molecule has 0 amide bonds. The molecular weight excluding hydrogens is 348 g/mol. The van der Waals surface area contributed by atoms with Gasteiger partial charge >= 0.3 is 0 Å². The van der Waals surface area contributed by atoms with Crippen molar-refractivity contribution in [2.45, 2.75) is 58.1 Å². The summed E-state index contributed by atoms with van der Waals surface area (Å²) in [6, 6.07) is 0. The number of carbonyl (C=O) groups excluding carboxylic acids is 1. The summed E-state index contributed by atoms with van der Waals surface area (Å²) in [5.74, 6) is -0.374. The van der Waals surface area contributed by atoms with E-state index in [1.165, 1.54) is 25.2 Å². The minimum absolute atomic E-state index is 0.0140. The number of ether oxygens (including phenoxy) is 1. The summed E-state index contributed by atoms with van der Waals surface area (Å²) >= 11 is 1.39. The lowest BCUT2D eigenvalue weighted by Crippen LogP contribution is -2.49. The van der Waals surface area contributed by atoms with Gasteiger partial charge in [0.2, 0.25) is 10.0 Å². The van der Waals surface area contributed by atoms with E-state index in [4.69, 9.17) is 4.74 Å². The molecular formula is C16H28N2O4S2. The van der Waals surface area contributed by atoms with Crippen LogP contribution in [-0.4, -0.2) is 43.7 Å². The van der Waals surface area contributed by atoms with Crippen molar-refractivity contribution in [2.75, 3.05) is 19.8 Å². The maximum Gasteiger partial charge on any atom is 0.224 e. The standard InChI is InChI=1S/C16H28N2O4S2/c1-7-22-9-8-17-24(20,21)16(5,6)13(19)10-14-18-12(11-23-14)15(2,3)4/h11,17H,7-10H2,1-6H3. The van der Waals surface area contributed by atoms with Gasteiger partial charge < -0.3 is 4.74 Å². The lowest BCUT2D eigenvalue weighted by molar-refractivity contribution is -0.120. The van der Waals surface area contributed by atoms with E-state index in [-0.39, 0.29) is 30.8 Å². The van der Waals surface area contributed by atoms with E-state index in [2.05, 4.69) is 9.71 Å². The van der Waals surface area contributed by atoms with E-state index in [9.17, 15) is 13.2 Å². The molecule has 0 aromatic carbocycles. The molecule has 0 saturated heterocycles. The number of carbonyl (C=O) groups is 1. The number of hydrogen-bond donors (Lipinski definition) is 1. The van der Waals surface area contributed by atoms with Gasteiger partial charge in [-0.15, -0.1) is 11.3 Å². The Bertz CT molecular complexity index is 658. The fourth-order valence-corrected chi connectivity index (χ4v) is 3.91. The molecule has 1 N–H and O–H groups in total. The lowest BCUT2D eigenvalue weighted by atomic mass is 9.93. The van der Waals surface area contributed by atoms with Crippen LogP contribution in [0, 0.1) is 0 Å². The third-order valence-corrected chi connectivity index (χ3v) is 6.72. The zero-order valence-electron chi connectivity index (χ0n) is 15.3. The molecule has 1 heterocycles. The van der Waals surface area contributed by atoms with Crippen molar-refractivity contribution in [3.05, 3.63) is 16.1 Å². The van der Waals surface area contributed by atoms with Crippen LogP contribution < -0.4 is 4.72 Å². The average Bonchev–Trinajstić information content (AvgIpc) is 2.92. The van der Waals surface area contributed by atoms with Crippen molar-refractivity contribution in [3.8, 4) is 0 Å². The minimum atomic E-state index is -3.78. The van der Waals surface area contributed by atoms with Crippen LogP contribution in [0.1, 0.15) is 52.2 Å².